The van der Waals surface area contributed by atoms with E-state index >= 15 is 0 Å². The summed E-state index contributed by atoms with van der Waals surface area (Å²) in [6.07, 6.45) is 4.47. The van der Waals surface area contributed by atoms with Crippen molar-refractivity contribution in [2.24, 2.45) is 0 Å². The second-order valence-corrected chi connectivity index (χ2v) is 2.77. The minimum Gasteiger partial charge on any atom is -0.480 e. The number of carboxylic acids is 1. The van der Waals surface area contributed by atoms with Crippen LogP contribution in [0.4, 0.5) is 0 Å². The van der Waals surface area contributed by atoms with Gasteiger partial charge in [0.25, 0.3) is 0 Å². The Bertz CT molecular complexity index is 167. The zero-order valence-electron chi connectivity index (χ0n) is 6.49. The first-order valence-electron chi connectivity index (χ1n) is 3.87. The Morgan fingerprint density at radius 3 is 2.82 bits per heavy atom. The smallest absolute Gasteiger partial charge is 0.326 e. The second-order valence-electron chi connectivity index (χ2n) is 2.77. The van der Waals surface area contributed by atoms with Crippen LogP contribution in [0.25, 0.3) is 0 Å². The number of likely N-dealkylation sites (tertiary alicyclic amines) is 1. The van der Waals surface area contributed by atoms with Gasteiger partial charge in [0, 0.05) is 6.54 Å². The van der Waals surface area contributed by atoms with Crippen LogP contribution in [0.5, 0.6) is 0 Å². The Kier molecular flexibility index (Phi) is 2.52. The molecule has 1 rings (SSSR count). The van der Waals surface area contributed by atoms with Crippen molar-refractivity contribution >= 4 is 5.97 Å². The second kappa shape index (κ2) is 3.42. The first-order valence-corrected chi connectivity index (χ1v) is 3.87. The summed E-state index contributed by atoms with van der Waals surface area (Å²) in [5.41, 5.74) is 0. The maximum atomic E-state index is 10.6. The van der Waals surface area contributed by atoms with Crippen molar-refractivity contribution in [1.82, 2.24) is 4.90 Å². The van der Waals surface area contributed by atoms with Crippen molar-refractivity contribution in [3.63, 3.8) is 0 Å². The quantitative estimate of drug-likeness (QED) is 0.648. The van der Waals surface area contributed by atoms with Crippen LogP contribution in [0.15, 0.2) is 12.8 Å². The molecule has 1 heterocycles. The van der Waals surface area contributed by atoms with Gasteiger partial charge in [-0.2, -0.15) is 0 Å². The van der Waals surface area contributed by atoms with Gasteiger partial charge in [-0.15, -0.1) is 0 Å². The Labute approximate surface area is 66.3 Å². The molecule has 0 bridgehead atoms. The molecule has 0 radical (unpaired) electrons. The van der Waals surface area contributed by atoms with Crippen molar-refractivity contribution in [2.45, 2.75) is 25.3 Å². The lowest BCUT2D eigenvalue weighted by atomic mass is 10.0. The molecule has 0 saturated carbocycles. The molecule has 0 aromatic rings. The van der Waals surface area contributed by atoms with Crippen LogP contribution in [0.3, 0.4) is 0 Å². The number of hydrogen-bond acceptors (Lipinski definition) is 2. The third kappa shape index (κ3) is 1.73. The molecule has 1 unspecified atom stereocenters. The topological polar surface area (TPSA) is 40.5 Å². The molecule has 1 fully saturated rings. The number of aliphatic carboxylic acids is 1. The summed E-state index contributed by atoms with van der Waals surface area (Å²) >= 11 is 0. The van der Waals surface area contributed by atoms with Crippen LogP contribution in [-0.2, 0) is 4.79 Å². The van der Waals surface area contributed by atoms with Crippen molar-refractivity contribution < 1.29 is 9.90 Å². The Morgan fingerprint density at radius 1 is 1.64 bits per heavy atom. The molecular weight excluding hydrogens is 142 g/mol. The molecule has 1 atom stereocenters. The molecule has 0 aliphatic carbocycles. The van der Waals surface area contributed by atoms with Gasteiger partial charge in [0.15, 0.2) is 0 Å². The Balaban J connectivity index is 2.58. The van der Waals surface area contributed by atoms with Crippen molar-refractivity contribution in [3.8, 4) is 0 Å². The van der Waals surface area contributed by atoms with E-state index < -0.39 is 5.97 Å². The predicted molar refractivity (Wildman–Crippen MR) is 42.2 cm³/mol. The van der Waals surface area contributed by atoms with E-state index in [1.165, 1.54) is 0 Å². The fourth-order valence-corrected chi connectivity index (χ4v) is 1.44. The lowest BCUT2D eigenvalue weighted by Crippen LogP contribution is -2.40. The third-order valence-electron chi connectivity index (χ3n) is 2.06. The number of nitrogens with zero attached hydrogens (tertiary/aromatic N) is 1. The minimum atomic E-state index is -0.732. The van der Waals surface area contributed by atoms with Gasteiger partial charge in [0.1, 0.15) is 6.04 Å². The van der Waals surface area contributed by atoms with E-state index in [1.54, 1.807) is 11.1 Å². The van der Waals surface area contributed by atoms with Gasteiger partial charge in [-0.3, -0.25) is 0 Å². The Morgan fingerprint density at radius 2 is 2.36 bits per heavy atom. The van der Waals surface area contributed by atoms with E-state index in [2.05, 4.69) is 6.58 Å². The van der Waals surface area contributed by atoms with E-state index in [-0.39, 0.29) is 6.04 Å². The molecule has 3 heteroatoms. The van der Waals surface area contributed by atoms with Gasteiger partial charge in [0.2, 0.25) is 0 Å². The molecule has 1 aliphatic rings. The normalized spacial score (nSPS) is 24.7. The molecule has 3 nitrogen and oxygen atoms in total. The molecule has 0 amide bonds. The lowest BCUT2D eigenvalue weighted by Gasteiger charge is -2.31. The summed E-state index contributed by atoms with van der Waals surface area (Å²) in [7, 11) is 0. The van der Waals surface area contributed by atoms with E-state index in [1.807, 2.05) is 0 Å². The first kappa shape index (κ1) is 8.11. The van der Waals surface area contributed by atoms with Crippen LogP contribution in [0, 0.1) is 0 Å². The number of carbonyl (C=O) groups is 1. The fraction of sp³-hybridized carbons (Fsp3) is 0.625. The van der Waals surface area contributed by atoms with Crippen LogP contribution >= 0.6 is 0 Å². The molecular formula is C8H13NO2. The van der Waals surface area contributed by atoms with E-state index in [4.69, 9.17) is 5.11 Å². The van der Waals surface area contributed by atoms with Gasteiger partial charge in [-0.05, 0) is 25.5 Å². The highest BCUT2D eigenvalue weighted by atomic mass is 16.4. The van der Waals surface area contributed by atoms with Gasteiger partial charge in [0.05, 0.1) is 0 Å². The molecule has 1 saturated heterocycles. The summed E-state index contributed by atoms with van der Waals surface area (Å²) in [5.74, 6) is -0.732. The van der Waals surface area contributed by atoms with Crippen molar-refractivity contribution in [2.75, 3.05) is 6.54 Å². The first-order chi connectivity index (χ1) is 5.25. The van der Waals surface area contributed by atoms with E-state index in [0.717, 1.165) is 25.8 Å². The maximum absolute atomic E-state index is 10.6. The molecule has 0 aromatic heterocycles. The number of carboxylic acid groups (broad SMARTS) is 1. The molecule has 62 valence electrons. The van der Waals surface area contributed by atoms with Crippen LogP contribution in [-0.4, -0.2) is 28.6 Å². The maximum Gasteiger partial charge on any atom is 0.326 e. The lowest BCUT2D eigenvalue weighted by molar-refractivity contribution is -0.143. The predicted octanol–water partition coefficient (Wildman–Crippen LogP) is 1.07. The van der Waals surface area contributed by atoms with Crippen molar-refractivity contribution in [1.29, 1.82) is 0 Å². The van der Waals surface area contributed by atoms with Crippen LogP contribution < -0.4 is 0 Å². The largest absolute Gasteiger partial charge is 0.480 e. The van der Waals surface area contributed by atoms with Gasteiger partial charge >= 0.3 is 5.97 Å². The third-order valence-corrected chi connectivity index (χ3v) is 2.06. The summed E-state index contributed by atoms with van der Waals surface area (Å²) in [4.78, 5) is 12.4. The van der Waals surface area contributed by atoms with Gasteiger partial charge < -0.3 is 10.0 Å². The highest BCUT2D eigenvalue weighted by Gasteiger charge is 2.25. The molecule has 0 spiro atoms. The molecule has 1 aliphatic heterocycles. The average Bonchev–Trinajstić information content (AvgIpc) is 2.04. The zero-order chi connectivity index (χ0) is 8.27. The Hall–Kier alpha value is -0.990. The van der Waals surface area contributed by atoms with E-state index in [9.17, 15) is 4.79 Å². The standard InChI is InChI=1S/C8H13NO2/c1-2-9-6-4-3-5-7(9)8(10)11/h2,7H,1,3-6H2,(H,10,11). The van der Waals surface area contributed by atoms with Gasteiger partial charge in [-0.1, -0.05) is 6.58 Å². The van der Waals surface area contributed by atoms with Crippen LogP contribution in [0.1, 0.15) is 19.3 Å². The SMILES string of the molecule is C=CN1CCCCC1C(=O)O. The highest BCUT2D eigenvalue weighted by molar-refractivity contribution is 5.73. The molecule has 1 N–H and O–H groups in total. The average molecular weight is 155 g/mol. The molecule has 11 heavy (non-hydrogen) atoms. The number of rotatable bonds is 2. The summed E-state index contributed by atoms with van der Waals surface area (Å²) in [5, 5.41) is 8.75. The van der Waals surface area contributed by atoms with E-state index in [0.29, 0.717) is 0 Å². The van der Waals surface area contributed by atoms with Crippen molar-refractivity contribution in [3.05, 3.63) is 12.8 Å². The van der Waals surface area contributed by atoms with Gasteiger partial charge in [-0.25, -0.2) is 4.79 Å². The highest BCUT2D eigenvalue weighted by Crippen LogP contribution is 2.16. The summed E-state index contributed by atoms with van der Waals surface area (Å²) in [6.45, 7) is 4.41. The summed E-state index contributed by atoms with van der Waals surface area (Å²) in [6, 6.07) is -0.332. The van der Waals surface area contributed by atoms with Crippen LogP contribution in [0.2, 0.25) is 0 Å². The minimum absolute atomic E-state index is 0.332. The zero-order valence-corrected chi connectivity index (χ0v) is 6.49. The fourth-order valence-electron chi connectivity index (χ4n) is 1.44. The number of hydrogen-bond donors (Lipinski definition) is 1. The molecule has 0 aromatic carbocycles. The summed E-state index contributed by atoms with van der Waals surface area (Å²) < 4.78 is 0. The monoisotopic (exact) mass is 155 g/mol. The number of piperidine rings is 1.